The number of carbonyl (C=O) groups excluding carboxylic acids is 3. The zero-order chi connectivity index (χ0) is 21.5. The molecule has 1 aliphatic rings. The van der Waals surface area contributed by atoms with Gasteiger partial charge in [0.15, 0.2) is 0 Å². The molecule has 1 fully saturated rings. The Balaban J connectivity index is 1.53. The SMILES string of the molecule is CN(C)C(=O)c1ccc(NCC(=O)Nc2cccc(C(=O)N3CCOCC3)c2)cc1. The van der Waals surface area contributed by atoms with Gasteiger partial charge < -0.3 is 25.2 Å². The molecule has 1 heterocycles. The van der Waals surface area contributed by atoms with Gasteiger partial charge in [-0.05, 0) is 42.5 Å². The predicted octanol–water partition coefficient (Wildman–Crippen LogP) is 1.91. The van der Waals surface area contributed by atoms with Gasteiger partial charge in [0.2, 0.25) is 5.91 Å². The highest BCUT2D eigenvalue weighted by Gasteiger charge is 2.18. The van der Waals surface area contributed by atoms with Gasteiger partial charge >= 0.3 is 0 Å². The lowest BCUT2D eigenvalue weighted by Gasteiger charge is -2.27. The summed E-state index contributed by atoms with van der Waals surface area (Å²) in [6.45, 7) is 2.27. The Labute approximate surface area is 175 Å². The summed E-state index contributed by atoms with van der Waals surface area (Å²) in [5, 5.41) is 5.82. The van der Waals surface area contributed by atoms with Crippen LogP contribution in [0, 0.1) is 0 Å². The zero-order valence-corrected chi connectivity index (χ0v) is 17.2. The Hall–Kier alpha value is -3.39. The number of nitrogens with zero attached hydrogens (tertiary/aromatic N) is 2. The molecule has 0 radical (unpaired) electrons. The van der Waals surface area contributed by atoms with Crippen LogP contribution < -0.4 is 10.6 Å². The maximum Gasteiger partial charge on any atom is 0.254 e. The van der Waals surface area contributed by atoms with Gasteiger partial charge in [-0.25, -0.2) is 0 Å². The first-order valence-electron chi connectivity index (χ1n) is 9.76. The molecule has 3 rings (SSSR count). The van der Waals surface area contributed by atoms with Gasteiger partial charge in [-0.15, -0.1) is 0 Å². The lowest BCUT2D eigenvalue weighted by atomic mass is 10.1. The highest BCUT2D eigenvalue weighted by molar-refractivity contribution is 5.98. The number of anilines is 2. The summed E-state index contributed by atoms with van der Waals surface area (Å²) in [4.78, 5) is 40.0. The molecule has 1 aliphatic heterocycles. The number of carbonyl (C=O) groups is 3. The highest BCUT2D eigenvalue weighted by Crippen LogP contribution is 2.14. The summed E-state index contributed by atoms with van der Waals surface area (Å²) >= 11 is 0. The molecule has 0 spiro atoms. The third kappa shape index (κ3) is 5.57. The van der Waals surface area contributed by atoms with Gasteiger partial charge in [0.25, 0.3) is 11.8 Å². The molecule has 158 valence electrons. The molecule has 2 aromatic carbocycles. The molecular formula is C22H26N4O4. The summed E-state index contributed by atoms with van der Waals surface area (Å²) in [6.07, 6.45) is 0. The van der Waals surface area contributed by atoms with E-state index in [0.29, 0.717) is 43.1 Å². The fourth-order valence-corrected chi connectivity index (χ4v) is 3.06. The zero-order valence-electron chi connectivity index (χ0n) is 17.2. The van der Waals surface area contributed by atoms with Crippen molar-refractivity contribution in [3.05, 3.63) is 59.7 Å². The Morgan fingerprint density at radius 3 is 2.33 bits per heavy atom. The number of morpholine rings is 1. The minimum Gasteiger partial charge on any atom is -0.378 e. The van der Waals surface area contributed by atoms with E-state index in [4.69, 9.17) is 4.74 Å². The summed E-state index contributed by atoms with van der Waals surface area (Å²) in [6, 6.07) is 13.8. The van der Waals surface area contributed by atoms with Gasteiger partial charge in [-0.1, -0.05) is 6.07 Å². The molecule has 8 heteroatoms. The van der Waals surface area contributed by atoms with Crippen LogP contribution in [-0.2, 0) is 9.53 Å². The minimum atomic E-state index is -0.237. The third-order valence-electron chi connectivity index (χ3n) is 4.68. The lowest BCUT2D eigenvalue weighted by Crippen LogP contribution is -2.40. The van der Waals surface area contributed by atoms with Crippen molar-refractivity contribution in [2.75, 3.05) is 57.6 Å². The first-order valence-corrected chi connectivity index (χ1v) is 9.76. The first kappa shape index (κ1) is 21.3. The summed E-state index contributed by atoms with van der Waals surface area (Å²) < 4.78 is 5.28. The van der Waals surface area contributed by atoms with E-state index in [2.05, 4.69) is 10.6 Å². The van der Waals surface area contributed by atoms with Crippen molar-refractivity contribution < 1.29 is 19.1 Å². The molecule has 30 heavy (non-hydrogen) atoms. The molecule has 2 aromatic rings. The van der Waals surface area contributed by atoms with Gasteiger partial charge in [-0.3, -0.25) is 14.4 Å². The van der Waals surface area contributed by atoms with Crippen LogP contribution in [-0.4, -0.2) is 74.5 Å². The number of amides is 3. The normalized spacial score (nSPS) is 13.5. The number of hydrogen-bond donors (Lipinski definition) is 2. The Bertz CT molecular complexity index is 906. The van der Waals surface area contributed by atoms with Crippen LogP contribution in [0.5, 0.6) is 0 Å². The fraction of sp³-hybridized carbons (Fsp3) is 0.318. The number of rotatable bonds is 6. The highest BCUT2D eigenvalue weighted by atomic mass is 16.5. The van der Waals surface area contributed by atoms with Crippen molar-refractivity contribution in [2.45, 2.75) is 0 Å². The van der Waals surface area contributed by atoms with Crippen LogP contribution in [0.4, 0.5) is 11.4 Å². The Morgan fingerprint density at radius 2 is 1.67 bits per heavy atom. The molecule has 8 nitrogen and oxygen atoms in total. The van der Waals surface area contributed by atoms with Crippen LogP contribution in [0.25, 0.3) is 0 Å². The molecule has 0 aliphatic carbocycles. The molecular weight excluding hydrogens is 384 g/mol. The summed E-state index contributed by atoms with van der Waals surface area (Å²) in [5.41, 5.74) is 2.41. The molecule has 0 aromatic heterocycles. The average molecular weight is 410 g/mol. The molecule has 0 unspecified atom stereocenters. The third-order valence-corrected chi connectivity index (χ3v) is 4.68. The summed E-state index contributed by atoms with van der Waals surface area (Å²) in [7, 11) is 3.39. The second kappa shape index (κ2) is 9.89. The van der Waals surface area contributed by atoms with Gasteiger partial charge in [0.1, 0.15) is 0 Å². The molecule has 1 saturated heterocycles. The fourth-order valence-electron chi connectivity index (χ4n) is 3.06. The van der Waals surface area contributed by atoms with Crippen molar-refractivity contribution in [3.8, 4) is 0 Å². The second-order valence-corrected chi connectivity index (χ2v) is 7.16. The van der Waals surface area contributed by atoms with E-state index in [1.165, 1.54) is 4.90 Å². The molecule has 0 saturated carbocycles. The van der Waals surface area contributed by atoms with E-state index in [1.807, 2.05) is 0 Å². The number of benzene rings is 2. The van der Waals surface area contributed by atoms with Crippen molar-refractivity contribution in [1.82, 2.24) is 9.80 Å². The van der Waals surface area contributed by atoms with Crippen LogP contribution in [0.2, 0.25) is 0 Å². The first-order chi connectivity index (χ1) is 14.4. The van der Waals surface area contributed by atoms with Crippen molar-refractivity contribution >= 4 is 29.1 Å². The molecule has 3 amide bonds. The van der Waals surface area contributed by atoms with Gasteiger partial charge in [0.05, 0.1) is 19.8 Å². The van der Waals surface area contributed by atoms with E-state index < -0.39 is 0 Å². The smallest absolute Gasteiger partial charge is 0.254 e. The van der Waals surface area contributed by atoms with Crippen molar-refractivity contribution in [3.63, 3.8) is 0 Å². The van der Waals surface area contributed by atoms with Crippen molar-refractivity contribution in [1.29, 1.82) is 0 Å². The Kier molecular flexibility index (Phi) is 7.03. The number of nitrogens with one attached hydrogen (secondary N) is 2. The topological polar surface area (TPSA) is 91.0 Å². The van der Waals surface area contributed by atoms with E-state index in [1.54, 1.807) is 67.5 Å². The van der Waals surface area contributed by atoms with Crippen LogP contribution in [0.3, 0.4) is 0 Å². The van der Waals surface area contributed by atoms with Gasteiger partial charge in [0, 0.05) is 49.7 Å². The standard InChI is InChI=1S/C22H26N4O4/c1-25(2)21(28)16-6-8-18(9-7-16)23-15-20(27)24-19-5-3-4-17(14-19)22(29)26-10-12-30-13-11-26/h3-9,14,23H,10-13,15H2,1-2H3,(H,24,27). The quantitative estimate of drug-likeness (QED) is 0.759. The molecule has 0 atom stereocenters. The largest absolute Gasteiger partial charge is 0.378 e. The minimum absolute atomic E-state index is 0.0581. The van der Waals surface area contributed by atoms with Crippen LogP contribution in [0.15, 0.2) is 48.5 Å². The van der Waals surface area contributed by atoms with Crippen LogP contribution in [0.1, 0.15) is 20.7 Å². The second-order valence-electron chi connectivity index (χ2n) is 7.16. The Morgan fingerprint density at radius 1 is 0.967 bits per heavy atom. The maximum absolute atomic E-state index is 12.6. The number of ether oxygens (including phenoxy) is 1. The van der Waals surface area contributed by atoms with E-state index in [0.717, 1.165) is 5.69 Å². The predicted molar refractivity (Wildman–Crippen MR) is 115 cm³/mol. The molecule has 2 N–H and O–H groups in total. The molecule has 0 bridgehead atoms. The van der Waals surface area contributed by atoms with E-state index in [-0.39, 0.29) is 24.3 Å². The average Bonchev–Trinajstić information content (AvgIpc) is 2.77. The monoisotopic (exact) mass is 410 g/mol. The number of hydrogen-bond acceptors (Lipinski definition) is 5. The maximum atomic E-state index is 12.6. The van der Waals surface area contributed by atoms with Crippen molar-refractivity contribution in [2.24, 2.45) is 0 Å². The van der Waals surface area contributed by atoms with Crippen LogP contribution >= 0.6 is 0 Å². The van der Waals surface area contributed by atoms with E-state index in [9.17, 15) is 14.4 Å². The summed E-state index contributed by atoms with van der Waals surface area (Å²) in [5.74, 6) is -0.384. The van der Waals surface area contributed by atoms with E-state index >= 15 is 0 Å². The lowest BCUT2D eigenvalue weighted by molar-refractivity contribution is -0.114. The van der Waals surface area contributed by atoms with Gasteiger partial charge in [-0.2, -0.15) is 0 Å².